The van der Waals surface area contributed by atoms with Gasteiger partial charge < -0.3 is 29.1 Å². The standard InChI is InChI=1S/C29H36N2O5/c1-29(2,3)36-28(33)30-15-16-31(24-10-13-26(14-11-24)34-18-6-17-32)25(20-30)21-35-27-12-9-22-7-4-5-8-23(22)19-27/h4-5,7-14,19,25,32H,6,15-18,20-21H2,1-3H3/t25-/m1/s1. The molecular weight excluding hydrogens is 456 g/mol. The zero-order valence-electron chi connectivity index (χ0n) is 21.4. The Morgan fingerprint density at radius 2 is 1.67 bits per heavy atom. The third-order valence-electron chi connectivity index (χ3n) is 6.04. The van der Waals surface area contributed by atoms with Gasteiger partial charge in [0.1, 0.15) is 23.7 Å². The monoisotopic (exact) mass is 492 g/mol. The number of rotatable bonds is 8. The van der Waals surface area contributed by atoms with Gasteiger partial charge in [0.2, 0.25) is 0 Å². The molecule has 1 aliphatic rings. The maximum atomic E-state index is 12.8. The van der Waals surface area contributed by atoms with Crippen LogP contribution in [0.4, 0.5) is 10.5 Å². The van der Waals surface area contributed by atoms with Crippen molar-refractivity contribution in [2.75, 3.05) is 44.4 Å². The fourth-order valence-corrected chi connectivity index (χ4v) is 4.27. The Morgan fingerprint density at radius 1 is 0.944 bits per heavy atom. The number of nitrogens with zero attached hydrogens (tertiary/aromatic N) is 2. The van der Waals surface area contributed by atoms with E-state index in [1.807, 2.05) is 69.3 Å². The first kappa shape index (κ1) is 25.6. The third kappa shape index (κ3) is 6.82. The Hall–Kier alpha value is -3.45. The second-order valence-electron chi connectivity index (χ2n) is 10.0. The number of anilines is 1. The van der Waals surface area contributed by atoms with E-state index in [9.17, 15) is 4.79 Å². The Kier molecular flexibility index (Phi) is 8.21. The van der Waals surface area contributed by atoms with Gasteiger partial charge in [-0.2, -0.15) is 0 Å². The van der Waals surface area contributed by atoms with Crippen LogP contribution >= 0.6 is 0 Å². The molecule has 3 aromatic rings. The molecule has 3 aromatic carbocycles. The van der Waals surface area contributed by atoms with Crippen LogP contribution in [-0.2, 0) is 4.74 Å². The maximum absolute atomic E-state index is 12.8. The Balaban J connectivity index is 1.49. The molecule has 1 fully saturated rings. The lowest BCUT2D eigenvalue weighted by atomic mass is 10.1. The summed E-state index contributed by atoms with van der Waals surface area (Å²) in [5.74, 6) is 1.57. The number of hydrogen-bond donors (Lipinski definition) is 1. The van der Waals surface area contributed by atoms with Crippen molar-refractivity contribution in [3.05, 3.63) is 66.7 Å². The number of piperazine rings is 1. The summed E-state index contributed by atoms with van der Waals surface area (Å²) < 4.78 is 17.6. The molecular formula is C29H36N2O5. The maximum Gasteiger partial charge on any atom is 0.410 e. The molecule has 0 spiro atoms. The zero-order chi connectivity index (χ0) is 25.5. The minimum atomic E-state index is -0.544. The lowest BCUT2D eigenvalue weighted by Gasteiger charge is -2.42. The molecule has 1 atom stereocenters. The number of ether oxygens (including phenoxy) is 3. The van der Waals surface area contributed by atoms with Crippen LogP contribution in [0.15, 0.2) is 66.7 Å². The van der Waals surface area contributed by atoms with Gasteiger partial charge in [0.05, 0.1) is 12.6 Å². The van der Waals surface area contributed by atoms with Crippen LogP contribution < -0.4 is 14.4 Å². The molecule has 7 nitrogen and oxygen atoms in total. The highest BCUT2D eigenvalue weighted by atomic mass is 16.6. The summed E-state index contributed by atoms with van der Waals surface area (Å²) in [6, 6.07) is 22.2. The van der Waals surface area contributed by atoms with E-state index in [0.717, 1.165) is 22.6 Å². The van der Waals surface area contributed by atoms with Gasteiger partial charge >= 0.3 is 6.09 Å². The number of aliphatic hydroxyl groups is 1. The van der Waals surface area contributed by atoms with Gasteiger partial charge in [-0.25, -0.2) is 4.79 Å². The van der Waals surface area contributed by atoms with Gasteiger partial charge in [0.25, 0.3) is 0 Å². The molecule has 1 saturated heterocycles. The van der Waals surface area contributed by atoms with Crippen molar-refractivity contribution < 1.29 is 24.1 Å². The molecule has 36 heavy (non-hydrogen) atoms. The first-order valence-corrected chi connectivity index (χ1v) is 12.5. The van der Waals surface area contributed by atoms with Crippen molar-refractivity contribution in [3.63, 3.8) is 0 Å². The summed E-state index contributed by atoms with van der Waals surface area (Å²) in [5, 5.41) is 11.3. The van der Waals surface area contributed by atoms with Crippen molar-refractivity contribution in [3.8, 4) is 11.5 Å². The predicted molar refractivity (Wildman–Crippen MR) is 142 cm³/mol. The smallest absolute Gasteiger partial charge is 0.410 e. The van der Waals surface area contributed by atoms with E-state index < -0.39 is 5.60 Å². The summed E-state index contributed by atoms with van der Waals surface area (Å²) in [6.07, 6.45) is 0.299. The number of hydrogen-bond acceptors (Lipinski definition) is 6. The molecule has 0 radical (unpaired) electrons. The molecule has 1 aliphatic heterocycles. The van der Waals surface area contributed by atoms with Gasteiger partial charge in [-0.15, -0.1) is 0 Å². The van der Waals surface area contributed by atoms with E-state index in [4.69, 9.17) is 19.3 Å². The number of fused-ring (bicyclic) bond motifs is 1. The largest absolute Gasteiger partial charge is 0.494 e. The molecule has 1 amide bonds. The summed E-state index contributed by atoms with van der Waals surface area (Å²) in [5.41, 5.74) is 0.498. The normalized spacial score (nSPS) is 16.2. The third-order valence-corrected chi connectivity index (χ3v) is 6.04. The fourth-order valence-electron chi connectivity index (χ4n) is 4.27. The molecule has 1 N–H and O–H groups in total. The van der Waals surface area contributed by atoms with Gasteiger partial charge in [-0.3, -0.25) is 0 Å². The number of carbonyl (C=O) groups excluding carboxylic acids is 1. The van der Waals surface area contributed by atoms with E-state index in [1.165, 1.54) is 5.39 Å². The lowest BCUT2D eigenvalue weighted by molar-refractivity contribution is 0.0201. The average molecular weight is 493 g/mol. The van der Waals surface area contributed by atoms with Crippen LogP contribution in [0.2, 0.25) is 0 Å². The van der Waals surface area contributed by atoms with Crippen molar-refractivity contribution in [2.45, 2.75) is 38.8 Å². The highest BCUT2D eigenvalue weighted by molar-refractivity contribution is 5.83. The van der Waals surface area contributed by atoms with Crippen LogP contribution in [0.1, 0.15) is 27.2 Å². The SMILES string of the molecule is CC(C)(C)OC(=O)N1CCN(c2ccc(OCCCO)cc2)[C@@H](COc2ccc3ccccc3c2)C1. The van der Waals surface area contributed by atoms with E-state index >= 15 is 0 Å². The topological polar surface area (TPSA) is 71.5 Å². The summed E-state index contributed by atoms with van der Waals surface area (Å²) >= 11 is 0. The van der Waals surface area contributed by atoms with Crippen LogP contribution in [0.5, 0.6) is 11.5 Å². The highest BCUT2D eigenvalue weighted by Crippen LogP contribution is 2.26. The van der Waals surface area contributed by atoms with E-state index in [-0.39, 0.29) is 18.7 Å². The first-order chi connectivity index (χ1) is 17.3. The number of carbonyl (C=O) groups is 1. The second kappa shape index (κ2) is 11.5. The Morgan fingerprint density at radius 3 is 2.39 bits per heavy atom. The molecule has 7 heteroatoms. The van der Waals surface area contributed by atoms with Gasteiger partial charge in [0, 0.05) is 38.3 Å². The summed E-state index contributed by atoms with van der Waals surface area (Å²) in [6.45, 7) is 8.38. The van der Waals surface area contributed by atoms with Crippen LogP contribution in [0.3, 0.4) is 0 Å². The molecule has 0 unspecified atom stereocenters. The van der Waals surface area contributed by atoms with E-state index in [1.54, 1.807) is 4.90 Å². The average Bonchev–Trinajstić information content (AvgIpc) is 2.87. The van der Waals surface area contributed by atoms with E-state index in [2.05, 4.69) is 23.1 Å². The van der Waals surface area contributed by atoms with Crippen molar-refractivity contribution in [2.24, 2.45) is 0 Å². The zero-order valence-corrected chi connectivity index (χ0v) is 21.4. The molecule has 0 bridgehead atoms. The van der Waals surface area contributed by atoms with Gasteiger partial charge in [-0.05, 0) is 67.9 Å². The second-order valence-corrected chi connectivity index (χ2v) is 10.0. The van der Waals surface area contributed by atoms with Gasteiger partial charge in [0.15, 0.2) is 0 Å². The summed E-state index contributed by atoms with van der Waals surface area (Å²) in [7, 11) is 0. The van der Waals surface area contributed by atoms with Crippen LogP contribution in [0.25, 0.3) is 10.8 Å². The van der Waals surface area contributed by atoms with Crippen molar-refractivity contribution in [1.29, 1.82) is 0 Å². The molecule has 192 valence electrons. The summed E-state index contributed by atoms with van der Waals surface area (Å²) in [4.78, 5) is 16.8. The number of benzene rings is 3. The van der Waals surface area contributed by atoms with Crippen LogP contribution in [0, 0.1) is 0 Å². The lowest BCUT2D eigenvalue weighted by Crippen LogP contribution is -2.57. The Labute approximate surface area is 213 Å². The van der Waals surface area contributed by atoms with Gasteiger partial charge in [-0.1, -0.05) is 30.3 Å². The fraction of sp³-hybridized carbons (Fsp3) is 0.414. The molecule has 1 heterocycles. The van der Waals surface area contributed by atoms with E-state index in [0.29, 0.717) is 39.3 Å². The minimum absolute atomic E-state index is 0.0566. The first-order valence-electron chi connectivity index (χ1n) is 12.5. The minimum Gasteiger partial charge on any atom is -0.494 e. The highest BCUT2D eigenvalue weighted by Gasteiger charge is 2.32. The molecule has 4 rings (SSSR count). The number of amides is 1. The Bertz CT molecular complexity index is 1140. The van der Waals surface area contributed by atoms with Crippen LogP contribution in [-0.4, -0.2) is 67.2 Å². The molecule has 0 aliphatic carbocycles. The molecule has 0 saturated carbocycles. The van der Waals surface area contributed by atoms with Crippen molar-refractivity contribution in [1.82, 2.24) is 4.90 Å². The van der Waals surface area contributed by atoms with Crippen molar-refractivity contribution >= 4 is 22.6 Å². The number of aliphatic hydroxyl groups excluding tert-OH is 1. The quantitative estimate of drug-likeness (QED) is 0.441. The predicted octanol–water partition coefficient (Wildman–Crippen LogP) is 5.11. The molecule has 0 aromatic heterocycles.